The van der Waals surface area contributed by atoms with Gasteiger partial charge in [-0.05, 0) is 6.92 Å². The molecule has 2 N–H and O–H groups in total. The molecule has 0 aromatic carbocycles. The minimum Gasteiger partial charge on any atom is -0.480 e. The number of carbonyl (C=O) groups is 2. The van der Waals surface area contributed by atoms with E-state index in [2.05, 4.69) is 15.2 Å². The second-order valence-electron chi connectivity index (χ2n) is 3.17. The molecule has 0 saturated heterocycles. The van der Waals surface area contributed by atoms with Crippen LogP contribution in [-0.4, -0.2) is 50.2 Å². The fraction of sp³-hybridized carbons (Fsp3) is 0.556. The maximum Gasteiger partial charge on any atom is 0.323 e. The molecule has 88 valence electrons. The lowest BCUT2D eigenvalue weighted by atomic mass is 10.4. The highest BCUT2D eigenvalue weighted by atomic mass is 16.4. The lowest BCUT2D eigenvalue weighted by Crippen LogP contribution is -2.36. The molecule has 7 nitrogen and oxygen atoms in total. The first-order valence-corrected chi connectivity index (χ1v) is 5.00. The third-order valence-electron chi connectivity index (χ3n) is 2.05. The molecular formula is C9H14N4O3. The van der Waals surface area contributed by atoms with Crippen LogP contribution in [0.3, 0.4) is 0 Å². The van der Waals surface area contributed by atoms with Crippen molar-refractivity contribution in [2.75, 3.05) is 13.1 Å². The first kappa shape index (κ1) is 12.2. The van der Waals surface area contributed by atoms with Crippen LogP contribution in [0.4, 0.5) is 0 Å². The zero-order valence-electron chi connectivity index (χ0n) is 9.23. The Hall–Kier alpha value is -1.92. The summed E-state index contributed by atoms with van der Waals surface area (Å²) >= 11 is 0. The monoisotopic (exact) mass is 226 g/mol. The van der Waals surface area contributed by atoms with E-state index in [-0.39, 0.29) is 12.4 Å². The molecule has 0 aliphatic rings. The van der Waals surface area contributed by atoms with Gasteiger partial charge in [0, 0.05) is 13.0 Å². The number of rotatable bonds is 5. The SMILES string of the molecule is CCc1nc(C(=O)N(CC)CC(=O)O)n[nH]1. The normalized spacial score (nSPS) is 10.1. The van der Waals surface area contributed by atoms with E-state index in [0.717, 1.165) is 0 Å². The summed E-state index contributed by atoms with van der Waals surface area (Å²) in [5, 5.41) is 15.0. The largest absolute Gasteiger partial charge is 0.480 e. The van der Waals surface area contributed by atoms with E-state index in [1.54, 1.807) is 6.92 Å². The molecule has 0 fully saturated rings. The molecule has 16 heavy (non-hydrogen) atoms. The number of hydrogen-bond donors (Lipinski definition) is 2. The van der Waals surface area contributed by atoms with Gasteiger partial charge in [-0.25, -0.2) is 4.98 Å². The molecule has 1 amide bonds. The summed E-state index contributed by atoms with van der Waals surface area (Å²) in [4.78, 5) is 27.4. The van der Waals surface area contributed by atoms with E-state index in [1.165, 1.54) is 4.90 Å². The van der Waals surface area contributed by atoms with E-state index in [9.17, 15) is 9.59 Å². The molecule has 0 spiro atoms. The number of carbonyl (C=O) groups excluding carboxylic acids is 1. The molecule has 1 aromatic rings. The van der Waals surface area contributed by atoms with Crippen molar-refractivity contribution in [2.24, 2.45) is 0 Å². The molecule has 1 heterocycles. The van der Waals surface area contributed by atoms with Crippen LogP contribution < -0.4 is 0 Å². The third kappa shape index (κ3) is 2.78. The first-order chi connectivity index (χ1) is 7.58. The highest BCUT2D eigenvalue weighted by Gasteiger charge is 2.20. The van der Waals surface area contributed by atoms with E-state index in [4.69, 9.17) is 5.11 Å². The molecule has 0 aliphatic heterocycles. The number of aromatic nitrogens is 3. The Balaban J connectivity index is 2.78. The van der Waals surface area contributed by atoms with E-state index < -0.39 is 11.9 Å². The molecule has 0 radical (unpaired) electrons. The highest BCUT2D eigenvalue weighted by molar-refractivity contribution is 5.92. The number of likely N-dealkylation sites (N-methyl/N-ethyl adjacent to an activating group) is 1. The second kappa shape index (κ2) is 5.24. The van der Waals surface area contributed by atoms with Gasteiger partial charge in [0.25, 0.3) is 5.91 Å². The number of carboxylic acids is 1. The smallest absolute Gasteiger partial charge is 0.323 e. The number of nitrogens with zero attached hydrogens (tertiary/aromatic N) is 3. The molecule has 0 saturated carbocycles. The van der Waals surface area contributed by atoms with Gasteiger partial charge in [-0.15, -0.1) is 5.10 Å². The van der Waals surface area contributed by atoms with Crippen LogP contribution in [0, 0.1) is 0 Å². The predicted octanol–water partition coefficient (Wildman–Crippen LogP) is -0.0862. The maximum absolute atomic E-state index is 11.8. The van der Waals surface area contributed by atoms with Gasteiger partial charge in [0.2, 0.25) is 5.82 Å². The Morgan fingerprint density at radius 1 is 1.44 bits per heavy atom. The van der Waals surface area contributed by atoms with Gasteiger partial charge < -0.3 is 10.0 Å². The molecule has 0 bridgehead atoms. The van der Waals surface area contributed by atoms with Crippen molar-refractivity contribution in [3.8, 4) is 0 Å². The average molecular weight is 226 g/mol. The molecule has 1 rings (SSSR count). The predicted molar refractivity (Wildman–Crippen MR) is 55.0 cm³/mol. The summed E-state index contributed by atoms with van der Waals surface area (Å²) < 4.78 is 0. The van der Waals surface area contributed by atoms with Gasteiger partial charge >= 0.3 is 5.97 Å². The molecule has 0 aliphatic carbocycles. The fourth-order valence-electron chi connectivity index (χ4n) is 1.18. The Morgan fingerprint density at radius 3 is 2.56 bits per heavy atom. The van der Waals surface area contributed by atoms with Crippen LogP contribution in [0.2, 0.25) is 0 Å². The van der Waals surface area contributed by atoms with Crippen molar-refractivity contribution in [1.82, 2.24) is 20.1 Å². The fourth-order valence-corrected chi connectivity index (χ4v) is 1.18. The zero-order chi connectivity index (χ0) is 12.1. The minimum absolute atomic E-state index is 0.0138. The van der Waals surface area contributed by atoms with Crippen molar-refractivity contribution >= 4 is 11.9 Å². The van der Waals surface area contributed by atoms with Gasteiger partial charge in [-0.3, -0.25) is 14.7 Å². The summed E-state index contributed by atoms with van der Waals surface area (Å²) in [6.07, 6.45) is 0.644. The summed E-state index contributed by atoms with van der Waals surface area (Å²) in [5.74, 6) is -0.906. The van der Waals surface area contributed by atoms with Crippen molar-refractivity contribution in [2.45, 2.75) is 20.3 Å². The Labute approximate surface area is 92.5 Å². The lowest BCUT2D eigenvalue weighted by molar-refractivity contribution is -0.137. The number of amides is 1. The summed E-state index contributed by atoms with van der Waals surface area (Å²) in [6, 6.07) is 0. The quantitative estimate of drug-likeness (QED) is 0.731. The van der Waals surface area contributed by atoms with Crippen LogP contribution in [0.1, 0.15) is 30.3 Å². The number of nitrogens with one attached hydrogen (secondary N) is 1. The highest BCUT2D eigenvalue weighted by Crippen LogP contribution is 2.00. The van der Waals surface area contributed by atoms with Gasteiger partial charge in [0.15, 0.2) is 0 Å². The van der Waals surface area contributed by atoms with Crippen molar-refractivity contribution in [3.63, 3.8) is 0 Å². The number of aryl methyl sites for hydroxylation is 1. The zero-order valence-corrected chi connectivity index (χ0v) is 9.23. The number of aromatic amines is 1. The van der Waals surface area contributed by atoms with Gasteiger partial charge in [0.1, 0.15) is 12.4 Å². The maximum atomic E-state index is 11.8. The van der Waals surface area contributed by atoms with Crippen LogP contribution in [-0.2, 0) is 11.2 Å². The van der Waals surface area contributed by atoms with Crippen molar-refractivity contribution < 1.29 is 14.7 Å². The second-order valence-corrected chi connectivity index (χ2v) is 3.17. The van der Waals surface area contributed by atoms with Crippen molar-refractivity contribution in [1.29, 1.82) is 0 Å². The van der Waals surface area contributed by atoms with Crippen LogP contribution in [0.15, 0.2) is 0 Å². The molecule has 0 atom stereocenters. The molecule has 1 aromatic heterocycles. The first-order valence-electron chi connectivity index (χ1n) is 5.00. The Kier molecular flexibility index (Phi) is 3.98. The number of H-pyrrole nitrogens is 1. The molecule has 7 heteroatoms. The number of aliphatic carboxylic acids is 1. The van der Waals surface area contributed by atoms with E-state index in [0.29, 0.717) is 18.8 Å². The van der Waals surface area contributed by atoms with Crippen LogP contribution in [0.5, 0.6) is 0 Å². The van der Waals surface area contributed by atoms with Gasteiger partial charge in [0.05, 0.1) is 0 Å². The van der Waals surface area contributed by atoms with Gasteiger partial charge in [-0.1, -0.05) is 6.92 Å². The van der Waals surface area contributed by atoms with Crippen LogP contribution >= 0.6 is 0 Å². The summed E-state index contributed by atoms with van der Waals surface area (Å²) in [5.41, 5.74) is 0. The van der Waals surface area contributed by atoms with Gasteiger partial charge in [-0.2, -0.15) is 0 Å². The van der Waals surface area contributed by atoms with Crippen molar-refractivity contribution in [3.05, 3.63) is 11.6 Å². The third-order valence-corrected chi connectivity index (χ3v) is 2.05. The van der Waals surface area contributed by atoms with Crippen LogP contribution in [0.25, 0.3) is 0 Å². The minimum atomic E-state index is -1.05. The number of carboxylic acid groups (broad SMARTS) is 1. The average Bonchev–Trinajstić information content (AvgIpc) is 2.73. The topological polar surface area (TPSA) is 99.2 Å². The molecular weight excluding hydrogens is 212 g/mol. The number of hydrogen-bond acceptors (Lipinski definition) is 4. The van der Waals surface area contributed by atoms with E-state index in [1.807, 2.05) is 6.92 Å². The Morgan fingerprint density at radius 2 is 2.12 bits per heavy atom. The summed E-state index contributed by atoms with van der Waals surface area (Å²) in [6.45, 7) is 3.55. The van der Waals surface area contributed by atoms with E-state index >= 15 is 0 Å². The molecule has 0 unspecified atom stereocenters. The summed E-state index contributed by atoms with van der Waals surface area (Å²) in [7, 11) is 0. The standard InChI is InChI=1S/C9H14N4O3/c1-3-6-10-8(12-11-6)9(16)13(4-2)5-7(14)15/h3-5H2,1-2H3,(H,14,15)(H,10,11,12). The lowest BCUT2D eigenvalue weighted by Gasteiger charge is -2.15. The Bertz CT molecular complexity index is 388.